The molecule has 0 aliphatic heterocycles. The third-order valence-corrected chi connectivity index (χ3v) is 3.03. The molecule has 1 aromatic rings. The number of carbonyl (C=O) groups is 1. The van der Waals surface area contributed by atoms with Crippen LogP contribution in [0.15, 0.2) is 18.2 Å². The summed E-state index contributed by atoms with van der Waals surface area (Å²) in [6.07, 6.45) is -0.0863. The lowest BCUT2D eigenvalue weighted by molar-refractivity contribution is -0.117. The minimum atomic E-state index is -0.177. The maximum atomic E-state index is 11.7. The predicted molar refractivity (Wildman–Crippen MR) is 73.5 cm³/mol. The van der Waals surface area contributed by atoms with Gasteiger partial charge in [-0.15, -0.1) is 0 Å². The highest BCUT2D eigenvalue weighted by Gasteiger charge is 2.17. The van der Waals surface area contributed by atoms with Gasteiger partial charge in [0.25, 0.3) is 0 Å². The van der Waals surface area contributed by atoms with E-state index < -0.39 is 0 Å². The molecule has 0 unspecified atom stereocenters. The SMILES string of the molecule is Cc1cc(C(C)(C)C)ccc1N(C)C(=O)CC#N. The van der Waals surface area contributed by atoms with Crippen molar-refractivity contribution in [3.05, 3.63) is 29.3 Å². The van der Waals surface area contributed by atoms with Crippen LogP contribution in [0.5, 0.6) is 0 Å². The predicted octanol–water partition coefficient (Wildman–Crippen LogP) is 3.17. The zero-order chi connectivity index (χ0) is 13.9. The number of rotatable bonds is 2. The van der Waals surface area contributed by atoms with Crippen LogP contribution < -0.4 is 4.90 Å². The fraction of sp³-hybridized carbons (Fsp3) is 0.467. The van der Waals surface area contributed by atoms with Crippen molar-refractivity contribution >= 4 is 11.6 Å². The van der Waals surface area contributed by atoms with Crippen molar-refractivity contribution in [3.8, 4) is 6.07 Å². The first-order valence-corrected chi connectivity index (χ1v) is 6.02. The van der Waals surface area contributed by atoms with Gasteiger partial charge in [0.15, 0.2) is 0 Å². The first kappa shape index (κ1) is 14.2. The lowest BCUT2D eigenvalue weighted by atomic mass is 9.86. The van der Waals surface area contributed by atoms with Crippen LogP contribution in [-0.2, 0) is 10.2 Å². The van der Waals surface area contributed by atoms with Gasteiger partial charge in [0, 0.05) is 12.7 Å². The van der Waals surface area contributed by atoms with Crippen molar-refractivity contribution < 1.29 is 4.79 Å². The Labute approximate surface area is 109 Å². The number of benzene rings is 1. The number of nitrogens with zero attached hydrogens (tertiary/aromatic N) is 2. The molecular weight excluding hydrogens is 224 g/mol. The van der Waals surface area contributed by atoms with Gasteiger partial charge in [-0.1, -0.05) is 32.9 Å². The Kier molecular flexibility index (Phi) is 4.13. The van der Waals surface area contributed by atoms with Crippen LogP contribution in [-0.4, -0.2) is 13.0 Å². The Bertz CT molecular complexity index is 492. The minimum Gasteiger partial charge on any atom is -0.314 e. The summed E-state index contributed by atoms with van der Waals surface area (Å²) in [6.45, 7) is 8.46. The maximum Gasteiger partial charge on any atom is 0.240 e. The molecule has 0 aromatic heterocycles. The highest BCUT2D eigenvalue weighted by Crippen LogP contribution is 2.28. The second-order valence-electron chi connectivity index (χ2n) is 5.54. The smallest absolute Gasteiger partial charge is 0.240 e. The second-order valence-corrected chi connectivity index (χ2v) is 5.54. The molecule has 0 radical (unpaired) electrons. The standard InChI is InChI=1S/C15H20N2O/c1-11-10-12(15(2,3)4)6-7-13(11)17(5)14(18)8-9-16/h6-7,10H,8H2,1-5H3. The monoisotopic (exact) mass is 244 g/mol. The van der Waals surface area contributed by atoms with E-state index in [9.17, 15) is 4.79 Å². The van der Waals surface area contributed by atoms with Gasteiger partial charge < -0.3 is 4.90 Å². The molecule has 18 heavy (non-hydrogen) atoms. The number of hydrogen-bond acceptors (Lipinski definition) is 2. The van der Waals surface area contributed by atoms with Crippen LogP contribution in [0.2, 0.25) is 0 Å². The molecule has 0 bridgehead atoms. The van der Waals surface area contributed by atoms with Crippen LogP contribution in [0, 0.1) is 18.3 Å². The first-order valence-electron chi connectivity index (χ1n) is 6.02. The second kappa shape index (κ2) is 5.22. The van der Waals surface area contributed by atoms with Crippen molar-refractivity contribution in [1.82, 2.24) is 0 Å². The molecule has 0 aliphatic carbocycles. The lowest BCUT2D eigenvalue weighted by Gasteiger charge is -2.23. The van der Waals surface area contributed by atoms with Crippen molar-refractivity contribution in [3.63, 3.8) is 0 Å². The van der Waals surface area contributed by atoms with E-state index in [1.165, 1.54) is 5.56 Å². The summed E-state index contributed by atoms with van der Waals surface area (Å²) in [4.78, 5) is 13.2. The molecule has 0 N–H and O–H groups in total. The molecule has 0 saturated carbocycles. The molecule has 1 rings (SSSR count). The summed E-state index contributed by atoms with van der Waals surface area (Å²) in [5.41, 5.74) is 3.25. The van der Waals surface area contributed by atoms with Crippen LogP contribution in [0.4, 0.5) is 5.69 Å². The Morgan fingerprint density at radius 1 is 1.39 bits per heavy atom. The van der Waals surface area contributed by atoms with Gasteiger partial charge in [-0.25, -0.2) is 0 Å². The zero-order valence-electron chi connectivity index (χ0n) is 11.7. The van der Waals surface area contributed by atoms with Crippen LogP contribution in [0.25, 0.3) is 0 Å². The summed E-state index contributed by atoms with van der Waals surface area (Å²) < 4.78 is 0. The van der Waals surface area contributed by atoms with E-state index in [-0.39, 0.29) is 17.7 Å². The Hall–Kier alpha value is -1.82. The van der Waals surface area contributed by atoms with E-state index in [2.05, 4.69) is 26.8 Å². The highest BCUT2D eigenvalue weighted by molar-refractivity contribution is 5.94. The molecule has 1 aromatic carbocycles. The van der Waals surface area contributed by atoms with Crippen molar-refractivity contribution in [2.45, 2.75) is 39.5 Å². The Balaban J connectivity index is 3.07. The lowest BCUT2D eigenvalue weighted by Crippen LogP contribution is -2.26. The van der Waals surface area contributed by atoms with Gasteiger partial charge in [-0.05, 0) is 29.5 Å². The van der Waals surface area contributed by atoms with Crippen LogP contribution in [0.3, 0.4) is 0 Å². The van der Waals surface area contributed by atoms with Gasteiger partial charge in [-0.3, -0.25) is 4.79 Å². The molecule has 3 nitrogen and oxygen atoms in total. The average Bonchev–Trinajstić information content (AvgIpc) is 2.27. The molecular formula is C15H20N2O. The zero-order valence-corrected chi connectivity index (χ0v) is 11.7. The largest absolute Gasteiger partial charge is 0.314 e. The molecule has 1 amide bonds. The van der Waals surface area contributed by atoms with Gasteiger partial charge in [-0.2, -0.15) is 5.26 Å². The number of hydrogen-bond donors (Lipinski definition) is 0. The van der Waals surface area contributed by atoms with E-state index in [1.54, 1.807) is 11.9 Å². The number of amides is 1. The quantitative estimate of drug-likeness (QED) is 0.802. The third-order valence-electron chi connectivity index (χ3n) is 3.03. The highest BCUT2D eigenvalue weighted by atomic mass is 16.2. The summed E-state index contributed by atoms with van der Waals surface area (Å²) >= 11 is 0. The molecule has 0 heterocycles. The molecule has 3 heteroatoms. The summed E-state index contributed by atoms with van der Waals surface area (Å²) in [5.74, 6) is -0.177. The summed E-state index contributed by atoms with van der Waals surface area (Å²) in [5, 5.41) is 8.56. The topological polar surface area (TPSA) is 44.1 Å². The molecule has 0 aliphatic rings. The van der Waals surface area contributed by atoms with E-state index in [1.807, 2.05) is 25.1 Å². The number of aryl methyl sites for hydroxylation is 1. The molecule has 96 valence electrons. The van der Waals surface area contributed by atoms with E-state index in [4.69, 9.17) is 5.26 Å². The van der Waals surface area contributed by atoms with E-state index >= 15 is 0 Å². The van der Waals surface area contributed by atoms with Crippen molar-refractivity contribution in [1.29, 1.82) is 5.26 Å². The fourth-order valence-corrected chi connectivity index (χ4v) is 1.82. The van der Waals surface area contributed by atoms with E-state index in [0.717, 1.165) is 11.3 Å². The van der Waals surface area contributed by atoms with Crippen LogP contribution in [0.1, 0.15) is 38.3 Å². The normalized spacial score (nSPS) is 10.9. The first-order chi connectivity index (χ1) is 8.27. The van der Waals surface area contributed by atoms with E-state index in [0.29, 0.717) is 0 Å². The molecule has 0 fully saturated rings. The Morgan fingerprint density at radius 2 is 2.00 bits per heavy atom. The Morgan fingerprint density at radius 3 is 2.44 bits per heavy atom. The minimum absolute atomic E-state index is 0.0863. The molecule has 0 saturated heterocycles. The van der Waals surface area contributed by atoms with Crippen LogP contribution >= 0.6 is 0 Å². The van der Waals surface area contributed by atoms with Crippen molar-refractivity contribution in [2.75, 3.05) is 11.9 Å². The summed E-state index contributed by atoms with van der Waals surface area (Å²) in [7, 11) is 1.71. The number of anilines is 1. The van der Waals surface area contributed by atoms with Gasteiger partial charge in [0.1, 0.15) is 6.42 Å². The van der Waals surface area contributed by atoms with Gasteiger partial charge in [0.05, 0.1) is 6.07 Å². The van der Waals surface area contributed by atoms with Gasteiger partial charge >= 0.3 is 0 Å². The average molecular weight is 244 g/mol. The fourth-order valence-electron chi connectivity index (χ4n) is 1.82. The van der Waals surface area contributed by atoms with Gasteiger partial charge in [0.2, 0.25) is 5.91 Å². The molecule has 0 atom stereocenters. The summed E-state index contributed by atoms with van der Waals surface area (Å²) in [6, 6.07) is 7.97. The number of nitriles is 1. The van der Waals surface area contributed by atoms with Crippen molar-refractivity contribution in [2.24, 2.45) is 0 Å². The third kappa shape index (κ3) is 3.10. The maximum absolute atomic E-state index is 11.7. The number of carbonyl (C=O) groups excluding carboxylic acids is 1. The molecule has 0 spiro atoms.